The maximum atomic E-state index is 12.8. The molecule has 1 aliphatic rings. The van der Waals surface area contributed by atoms with Crippen molar-refractivity contribution in [3.8, 4) is 0 Å². The van der Waals surface area contributed by atoms with Crippen LogP contribution in [-0.2, 0) is 14.8 Å². The molecule has 1 saturated heterocycles. The molecule has 3 rings (SSSR count). The maximum Gasteiger partial charge on any atom is 0.248 e. The molecule has 1 N–H and O–H groups in total. The third-order valence-corrected chi connectivity index (χ3v) is 6.30. The first-order valence-corrected chi connectivity index (χ1v) is 9.60. The van der Waals surface area contributed by atoms with Crippen LogP contribution in [0.1, 0.15) is 17.2 Å². The molecule has 0 aromatic carbocycles. The fourth-order valence-corrected chi connectivity index (χ4v) is 4.62. The molecular formula is C15H21N5O5S. The van der Waals surface area contributed by atoms with Gasteiger partial charge in [-0.15, -0.1) is 0 Å². The molecule has 0 radical (unpaired) electrons. The van der Waals surface area contributed by atoms with Crippen molar-refractivity contribution in [2.75, 3.05) is 38.0 Å². The van der Waals surface area contributed by atoms with E-state index >= 15 is 0 Å². The molecule has 0 aliphatic carbocycles. The van der Waals surface area contributed by atoms with Crippen LogP contribution in [0.25, 0.3) is 0 Å². The lowest BCUT2D eigenvalue weighted by Crippen LogP contribution is -2.50. The summed E-state index contributed by atoms with van der Waals surface area (Å²) in [4.78, 5) is 14.1. The first-order valence-electron chi connectivity index (χ1n) is 8.16. The zero-order valence-corrected chi connectivity index (χ0v) is 15.7. The van der Waals surface area contributed by atoms with E-state index in [1.807, 2.05) is 4.90 Å². The van der Waals surface area contributed by atoms with E-state index < -0.39 is 10.0 Å². The largest absolute Gasteiger partial charge is 0.360 e. The highest BCUT2D eigenvalue weighted by molar-refractivity contribution is 7.89. The number of nitrogens with one attached hydrogen (secondary N) is 1. The molecule has 2 aromatic heterocycles. The minimum atomic E-state index is -3.65. The van der Waals surface area contributed by atoms with Gasteiger partial charge in [-0.2, -0.15) is 4.31 Å². The minimum Gasteiger partial charge on any atom is -0.360 e. The van der Waals surface area contributed by atoms with E-state index in [0.29, 0.717) is 43.5 Å². The second-order valence-corrected chi connectivity index (χ2v) is 8.08. The number of sulfonamides is 1. The molecule has 0 atom stereocenters. The van der Waals surface area contributed by atoms with E-state index in [2.05, 4.69) is 15.6 Å². The first-order chi connectivity index (χ1) is 12.3. The highest BCUT2D eigenvalue weighted by Gasteiger charge is 2.33. The van der Waals surface area contributed by atoms with E-state index in [1.54, 1.807) is 26.8 Å². The number of piperazine rings is 1. The van der Waals surface area contributed by atoms with E-state index in [4.69, 9.17) is 9.05 Å². The summed E-state index contributed by atoms with van der Waals surface area (Å²) < 4.78 is 36.8. The molecule has 1 aliphatic heterocycles. The number of amides is 1. The lowest BCUT2D eigenvalue weighted by Gasteiger charge is -2.33. The molecular weight excluding hydrogens is 362 g/mol. The van der Waals surface area contributed by atoms with Crippen LogP contribution in [-0.4, -0.2) is 66.6 Å². The summed E-state index contributed by atoms with van der Waals surface area (Å²) >= 11 is 0. The van der Waals surface area contributed by atoms with E-state index in [1.165, 1.54) is 4.31 Å². The van der Waals surface area contributed by atoms with Crippen LogP contribution >= 0.6 is 0 Å². The van der Waals surface area contributed by atoms with Crippen molar-refractivity contribution in [1.29, 1.82) is 0 Å². The SMILES string of the molecule is Cc1cc(NC(=O)CN2CCN(S(=O)(=O)c3c(C)noc3C)CC2)no1. The highest BCUT2D eigenvalue weighted by Crippen LogP contribution is 2.24. The average molecular weight is 383 g/mol. The number of aryl methyl sites for hydroxylation is 3. The van der Waals surface area contributed by atoms with Gasteiger partial charge in [-0.25, -0.2) is 8.42 Å². The van der Waals surface area contributed by atoms with Gasteiger partial charge in [0.1, 0.15) is 16.3 Å². The quantitative estimate of drug-likeness (QED) is 0.793. The van der Waals surface area contributed by atoms with Crippen molar-refractivity contribution < 1.29 is 22.3 Å². The zero-order chi connectivity index (χ0) is 18.9. The summed E-state index contributed by atoms with van der Waals surface area (Å²) in [7, 11) is -3.65. The Hall–Kier alpha value is -2.24. The smallest absolute Gasteiger partial charge is 0.248 e. The summed E-state index contributed by atoms with van der Waals surface area (Å²) in [5, 5.41) is 10.1. The fourth-order valence-electron chi connectivity index (χ4n) is 2.91. The second-order valence-electron chi connectivity index (χ2n) is 6.20. The summed E-state index contributed by atoms with van der Waals surface area (Å²) in [5.41, 5.74) is 0.354. The monoisotopic (exact) mass is 383 g/mol. The Morgan fingerprint density at radius 2 is 1.85 bits per heavy atom. The Balaban J connectivity index is 1.56. The van der Waals surface area contributed by atoms with Crippen molar-refractivity contribution in [3.05, 3.63) is 23.3 Å². The Labute approximate surface area is 151 Å². The predicted octanol–water partition coefficient (Wildman–Crippen LogP) is 0.533. The molecule has 11 heteroatoms. The van der Waals surface area contributed by atoms with Crippen LogP contribution in [0, 0.1) is 20.8 Å². The van der Waals surface area contributed by atoms with Crippen LogP contribution < -0.4 is 5.32 Å². The van der Waals surface area contributed by atoms with Crippen molar-refractivity contribution >= 4 is 21.7 Å². The third-order valence-electron chi connectivity index (χ3n) is 4.16. The van der Waals surface area contributed by atoms with Crippen LogP contribution in [0.2, 0.25) is 0 Å². The molecule has 0 unspecified atom stereocenters. The molecule has 0 spiro atoms. The van der Waals surface area contributed by atoms with Crippen molar-refractivity contribution in [2.24, 2.45) is 0 Å². The predicted molar refractivity (Wildman–Crippen MR) is 91.0 cm³/mol. The molecule has 0 saturated carbocycles. The molecule has 1 amide bonds. The Morgan fingerprint density at radius 3 is 2.38 bits per heavy atom. The number of nitrogens with zero attached hydrogens (tertiary/aromatic N) is 4. The standard InChI is InChI=1S/C15H21N5O5S/c1-10-8-13(18-24-10)16-14(21)9-19-4-6-20(7-5-19)26(22,23)15-11(2)17-25-12(15)3/h8H,4-7,9H2,1-3H3,(H,16,18,21). The third kappa shape index (κ3) is 3.79. The van der Waals surface area contributed by atoms with Crippen LogP contribution in [0.4, 0.5) is 5.82 Å². The van der Waals surface area contributed by atoms with Gasteiger partial charge >= 0.3 is 0 Å². The Kier molecular flexibility index (Phi) is 5.12. The van der Waals surface area contributed by atoms with Gasteiger partial charge in [0.05, 0.1) is 6.54 Å². The molecule has 10 nitrogen and oxygen atoms in total. The molecule has 142 valence electrons. The number of aromatic nitrogens is 2. The number of rotatable bonds is 5. The van der Waals surface area contributed by atoms with Gasteiger partial charge in [-0.1, -0.05) is 10.3 Å². The van der Waals surface area contributed by atoms with E-state index in [0.717, 1.165) is 0 Å². The van der Waals surface area contributed by atoms with Gasteiger partial charge in [-0.3, -0.25) is 9.69 Å². The number of hydrogen-bond donors (Lipinski definition) is 1. The van der Waals surface area contributed by atoms with Gasteiger partial charge in [0.15, 0.2) is 11.6 Å². The van der Waals surface area contributed by atoms with Gasteiger partial charge in [0, 0.05) is 32.2 Å². The number of hydrogen-bond acceptors (Lipinski definition) is 8. The topological polar surface area (TPSA) is 122 Å². The highest BCUT2D eigenvalue weighted by atomic mass is 32.2. The van der Waals surface area contributed by atoms with Gasteiger partial charge in [0.25, 0.3) is 0 Å². The second kappa shape index (κ2) is 7.17. The van der Waals surface area contributed by atoms with Crippen LogP contribution in [0.3, 0.4) is 0 Å². The average Bonchev–Trinajstić information content (AvgIpc) is 3.13. The normalized spacial score (nSPS) is 16.7. The fraction of sp³-hybridized carbons (Fsp3) is 0.533. The number of carbonyl (C=O) groups is 1. The van der Waals surface area contributed by atoms with Crippen molar-refractivity contribution in [3.63, 3.8) is 0 Å². The summed E-state index contributed by atoms with van der Waals surface area (Å²) in [6.07, 6.45) is 0. The molecule has 1 fully saturated rings. The van der Waals surface area contributed by atoms with E-state index in [9.17, 15) is 13.2 Å². The Bertz CT molecular complexity index is 876. The molecule has 2 aromatic rings. The van der Waals surface area contributed by atoms with Gasteiger partial charge in [0.2, 0.25) is 15.9 Å². The van der Waals surface area contributed by atoms with Crippen LogP contribution in [0.15, 0.2) is 20.0 Å². The molecule has 3 heterocycles. The maximum absolute atomic E-state index is 12.8. The summed E-state index contributed by atoms with van der Waals surface area (Å²) in [5.74, 6) is 1.04. The lowest BCUT2D eigenvalue weighted by molar-refractivity contribution is -0.117. The lowest BCUT2D eigenvalue weighted by atomic mass is 10.3. The summed E-state index contributed by atoms with van der Waals surface area (Å²) in [6.45, 7) is 6.58. The number of carbonyl (C=O) groups excluding carboxylic acids is 1. The minimum absolute atomic E-state index is 0.130. The van der Waals surface area contributed by atoms with E-state index in [-0.39, 0.29) is 23.1 Å². The number of anilines is 1. The molecule has 0 bridgehead atoms. The van der Waals surface area contributed by atoms with Crippen molar-refractivity contribution in [2.45, 2.75) is 25.7 Å². The Morgan fingerprint density at radius 1 is 1.15 bits per heavy atom. The molecule has 26 heavy (non-hydrogen) atoms. The zero-order valence-electron chi connectivity index (χ0n) is 14.9. The van der Waals surface area contributed by atoms with Gasteiger partial charge in [-0.05, 0) is 20.8 Å². The summed E-state index contributed by atoms with van der Waals surface area (Å²) in [6, 6.07) is 1.63. The first kappa shape index (κ1) is 18.5. The van der Waals surface area contributed by atoms with Crippen molar-refractivity contribution in [1.82, 2.24) is 19.5 Å². The van der Waals surface area contributed by atoms with Crippen LogP contribution in [0.5, 0.6) is 0 Å². The van der Waals surface area contributed by atoms with Gasteiger partial charge < -0.3 is 14.4 Å².